The second-order valence-electron chi connectivity index (χ2n) is 6.46. The van der Waals surface area contributed by atoms with Gasteiger partial charge in [0.05, 0.1) is 11.9 Å². The second kappa shape index (κ2) is 8.73. The van der Waals surface area contributed by atoms with Gasteiger partial charge in [-0.15, -0.1) is 5.10 Å². The lowest BCUT2D eigenvalue weighted by molar-refractivity contribution is 0.0946. The Bertz CT molecular complexity index is 663. The minimum absolute atomic E-state index is 0.165. The first-order chi connectivity index (χ1) is 12.2. The molecule has 0 atom stereocenters. The fourth-order valence-corrected chi connectivity index (χ4v) is 2.88. The predicted octanol–water partition coefficient (Wildman–Crippen LogP) is 1.02. The highest BCUT2D eigenvalue weighted by Gasteiger charge is 2.13. The summed E-state index contributed by atoms with van der Waals surface area (Å²) in [5, 5.41) is 11.3. The van der Waals surface area contributed by atoms with Gasteiger partial charge in [-0.3, -0.25) is 4.79 Å². The van der Waals surface area contributed by atoms with E-state index in [0.717, 1.165) is 51.3 Å². The zero-order valence-corrected chi connectivity index (χ0v) is 14.8. The normalized spacial score (nSPS) is 16.0. The molecule has 25 heavy (non-hydrogen) atoms. The Morgan fingerprint density at radius 1 is 1.12 bits per heavy atom. The number of carbonyl (C=O) groups excluding carboxylic acids is 1. The molecule has 1 N–H and O–H groups in total. The Kier molecular flexibility index (Phi) is 6.14. The molecule has 0 saturated carbocycles. The number of carbonyl (C=O) groups is 1. The molecule has 1 saturated heterocycles. The average molecular weight is 342 g/mol. The quantitative estimate of drug-likeness (QED) is 0.761. The first-order valence-corrected chi connectivity index (χ1v) is 8.89. The number of para-hydroxylation sites is 1. The second-order valence-corrected chi connectivity index (χ2v) is 6.46. The molecule has 7 heteroatoms. The topological polar surface area (TPSA) is 66.3 Å². The van der Waals surface area contributed by atoms with Crippen molar-refractivity contribution in [3.63, 3.8) is 0 Å². The SMILES string of the molecule is CN1CCN(CCCCNC(=O)c2cnn(-c3ccccc3)n2)CC1. The van der Waals surface area contributed by atoms with E-state index in [2.05, 4.69) is 32.4 Å². The molecule has 0 unspecified atom stereocenters. The van der Waals surface area contributed by atoms with Crippen molar-refractivity contribution in [2.75, 3.05) is 46.3 Å². The smallest absolute Gasteiger partial charge is 0.273 e. The molecule has 0 aliphatic carbocycles. The standard InChI is InChI=1S/C18H26N6O/c1-22-11-13-23(14-12-22)10-6-5-9-19-18(25)17-15-20-24(21-17)16-7-3-2-4-8-16/h2-4,7-8,15H,5-6,9-14H2,1H3,(H,19,25). The van der Waals surface area contributed by atoms with E-state index in [1.165, 1.54) is 11.0 Å². The molecule has 1 fully saturated rings. The summed E-state index contributed by atoms with van der Waals surface area (Å²) in [5.74, 6) is -0.165. The number of hydrogen-bond acceptors (Lipinski definition) is 5. The van der Waals surface area contributed by atoms with Crippen LogP contribution in [0.1, 0.15) is 23.3 Å². The molecule has 1 aliphatic rings. The Balaban J connectivity index is 1.36. The largest absolute Gasteiger partial charge is 0.351 e. The van der Waals surface area contributed by atoms with Gasteiger partial charge in [0.1, 0.15) is 0 Å². The van der Waals surface area contributed by atoms with Gasteiger partial charge < -0.3 is 15.1 Å². The maximum atomic E-state index is 12.1. The van der Waals surface area contributed by atoms with Gasteiger partial charge in [0.15, 0.2) is 5.69 Å². The summed E-state index contributed by atoms with van der Waals surface area (Å²) in [6.07, 6.45) is 3.58. The summed E-state index contributed by atoms with van der Waals surface area (Å²) in [4.78, 5) is 18.5. The number of benzene rings is 1. The van der Waals surface area contributed by atoms with Gasteiger partial charge in [-0.1, -0.05) is 18.2 Å². The number of hydrogen-bond donors (Lipinski definition) is 1. The molecule has 0 radical (unpaired) electrons. The van der Waals surface area contributed by atoms with Crippen LogP contribution in [0, 0.1) is 0 Å². The average Bonchev–Trinajstić information content (AvgIpc) is 3.14. The van der Waals surface area contributed by atoms with Crippen molar-refractivity contribution in [3.8, 4) is 5.69 Å². The summed E-state index contributed by atoms with van der Waals surface area (Å²) in [7, 11) is 2.17. The molecule has 0 spiro atoms. The number of amides is 1. The van der Waals surface area contributed by atoms with E-state index in [1.807, 2.05) is 30.3 Å². The molecule has 1 aromatic carbocycles. The van der Waals surface area contributed by atoms with Crippen molar-refractivity contribution in [3.05, 3.63) is 42.2 Å². The van der Waals surface area contributed by atoms with E-state index >= 15 is 0 Å². The number of nitrogens with one attached hydrogen (secondary N) is 1. The molecule has 3 rings (SSSR count). The minimum atomic E-state index is -0.165. The third kappa shape index (κ3) is 5.11. The van der Waals surface area contributed by atoms with Crippen molar-refractivity contribution in [1.29, 1.82) is 0 Å². The van der Waals surface area contributed by atoms with E-state index < -0.39 is 0 Å². The van der Waals surface area contributed by atoms with Crippen LogP contribution in [0.4, 0.5) is 0 Å². The van der Waals surface area contributed by atoms with E-state index in [9.17, 15) is 4.79 Å². The molecule has 7 nitrogen and oxygen atoms in total. The minimum Gasteiger partial charge on any atom is -0.351 e. The zero-order chi connectivity index (χ0) is 17.5. The van der Waals surface area contributed by atoms with E-state index in [4.69, 9.17) is 0 Å². The molecule has 2 aromatic rings. The van der Waals surface area contributed by atoms with Crippen LogP contribution in [0.15, 0.2) is 36.5 Å². The summed E-state index contributed by atoms with van der Waals surface area (Å²) in [6.45, 7) is 6.36. The van der Waals surface area contributed by atoms with Crippen LogP contribution in [0.2, 0.25) is 0 Å². The van der Waals surface area contributed by atoms with Crippen LogP contribution >= 0.6 is 0 Å². The van der Waals surface area contributed by atoms with E-state index in [1.54, 1.807) is 0 Å². The molecule has 134 valence electrons. The third-order valence-corrected chi connectivity index (χ3v) is 4.49. The molecular weight excluding hydrogens is 316 g/mol. The maximum absolute atomic E-state index is 12.1. The van der Waals surface area contributed by atoms with Gasteiger partial charge in [-0.2, -0.15) is 9.90 Å². The van der Waals surface area contributed by atoms with Crippen molar-refractivity contribution >= 4 is 5.91 Å². The summed E-state index contributed by atoms with van der Waals surface area (Å²) in [6, 6.07) is 9.57. The first kappa shape index (κ1) is 17.6. The number of aromatic nitrogens is 3. The fraction of sp³-hybridized carbons (Fsp3) is 0.500. The van der Waals surface area contributed by atoms with E-state index in [-0.39, 0.29) is 5.91 Å². The summed E-state index contributed by atoms with van der Waals surface area (Å²) < 4.78 is 0. The Morgan fingerprint density at radius 3 is 2.64 bits per heavy atom. The molecule has 1 amide bonds. The third-order valence-electron chi connectivity index (χ3n) is 4.49. The molecular formula is C18H26N6O. The monoisotopic (exact) mass is 342 g/mol. The number of unbranched alkanes of at least 4 members (excludes halogenated alkanes) is 1. The van der Waals surface area contributed by atoms with Crippen molar-refractivity contribution in [1.82, 2.24) is 30.1 Å². The maximum Gasteiger partial charge on any atom is 0.273 e. The van der Waals surface area contributed by atoms with Crippen LogP contribution in [-0.4, -0.2) is 77.0 Å². The van der Waals surface area contributed by atoms with Crippen LogP contribution in [-0.2, 0) is 0 Å². The highest BCUT2D eigenvalue weighted by molar-refractivity contribution is 5.91. The first-order valence-electron chi connectivity index (χ1n) is 8.89. The number of rotatable bonds is 7. The molecule has 1 aromatic heterocycles. The van der Waals surface area contributed by atoms with Gasteiger partial charge in [-0.05, 0) is 38.6 Å². The lowest BCUT2D eigenvalue weighted by atomic mass is 10.2. The molecule has 2 heterocycles. The van der Waals surface area contributed by atoms with Crippen molar-refractivity contribution in [2.45, 2.75) is 12.8 Å². The number of nitrogens with zero attached hydrogens (tertiary/aromatic N) is 5. The van der Waals surface area contributed by atoms with Gasteiger partial charge in [0.25, 0.3) is 5.91 Å². The van der Waals surface area contributed by atoms with Crippen LogP contribution in [0.3, 0.4) is 0 Å². The van der Waals surface area contributed by atoms with Crippen LogP contribution < -0.4 is 5.32 Å². The lowest BCUT2D eigenvalue weighted by Gasteiger charge is -2.32. The summed E-state index contributed by atoms with van der Waals surface area (Å²) in [5.41, 5.74) is 1.19. The van der Waals surface area contributed by atoms with Crippen LogP contribution in [0.5, 0.6) is 0 Å². The number of likely N-dealkylation sites (N-methyl/N-ethyl adjacent to an activating group) is 1. The van der Waals surface area contributed by atoms with Crippen molar-refractivity contribution < 1.29 is 4.79 Å². The fourth-order valence-electron chi connectivity index (χ4n) is 2.88. The van der Waals surface area contributed by atoms with Gasteiger partial charge in [0.2, 0.25) is 0 Å². The molecule has 1 aliphatic heterocycles. The van der Waals surface area contributed by atoms with E-state index in [0.29, 0.717) is 12.2 Å². The van der Waals surface area contributed by atoms with Crippen molar-refractivity contribution in [2.24, 2.45) is 0 Å². The highest BCUT2D eigenvalue weighted by Crippen LogP contribution is 2.04. The Morgan fingerprint density at radius 2 is 1.88 bits per heavy atom. The van der Waals surface area contributed by atoms with Gasteiger partial charge in [-0.25, -0.2) is 0 Å². The van der Waals surface area contributed by atoms with Crippen LogP contribution in [0.25, 0.3) is 5.69 Å². The van der Waals surface area contributed by atoms with Gasteiger partial charge in [0, 0.05) is 32.7 Å². The predicted molar refractivity (Wildman–Crippen MR) is 96.9 cm³/mol. The Labute approximate surface area is 148 Å². The van der Waals surface area contributed by atoms with Gasteiger partial charge >= 0.3 is 0 Å². The number of piperazine rings is 1. The highest BCUT2D eigenvalue weighted by atomic mass is 16.2. The Hall–Kier alpha value is -2.25. The lowest BCUT2D eigenvalue weighted by Crippen LogP contribution is -2.44. The zero-order valence-electron chi connectivity index (χ0n) is 14.8. The summed E-state index contributed by atoms with van der Waals surface area (Å²) >= 11 is 0. The molecule has 0 bridgehead atoms.